The van der Waals surface area contributed by atoms with Crippen molar-refractivity contribution in [3.63, 3.8) is 0 Å². The predicted octanol–water partition coefficient (Wildman–Crippen LogP) is 2.78. The summed E-state index contributed by atoms with van der Waals surface area (Å²) in [5.74, 6) is 0.236. The Labute approximate surface area is 116 Å². The molecule has 0 amide bonds. The quantitative estimate of drug-likeness (QED) is 0.652. The van der Waals surface area contributed by atoms with Crippen molar-refractivity contribution in [1.82, 2.24) is 9.97 Å². The van der Waals surface area contributed by atoms with E-state index >= 15 is 0 Å². The van der Waals surface area contributed by atoms with Crippen molar-refractivity contribution >= 4 is 29.2 Å². The highest BCUT2D eigenvalue weighted by atomic mass is 35.5. The topological polar surface area (TPSA) is 78.9 Å². The van der Waals surface area contributed by atoms with E-state index in [0.29, 0.717) is 16.7 Å². The van der Waals surface area contributed by atoms with Gasteiger partial charge in [0.25, 0.3) is 0 Å². The third-order valence-corrected chi connectivity index (χ3v) is 2.75. The summed E-state index contributed by atoms with van der Waals surface area (Å²) in [7, 11) is 0. The number of nitrogens with one attached hydrogen (secondary N) is 1. The lowest BCUT2D eigenvalue weighted by atomic mass is 10.3. The van der Waals surface area contributed by atoms with E-state index in [-0.39, 0.29) is 5.96 Å². The van der Waals surface area contributed by atoms with Crippen LogP contribution in [0.15, 0.2) is 30.3 Å². The van der Waals surface area contributed by atoms with Crippen molar-refractivity contribution in [2.24, 2.45) is 5.73 Å². The standard InChI is InChI=1S/C13H14ClN5/c1-8-7-9(2)18-13(17-8)19(12(15)16)11-5-3-10(14)4-6-11/h3-7H,1-2H3,(H3,15,16). The summed E-state index contributed by atoms with van der Waals surface area (Å²) in [5, 5.41) is 8.33. The maximum atomic E-state index is 7.71. The summed E-state index contributed by atoms with van der Waals surface area (Å²) in [6.07, 6.45) is 0. The molecule has 0 aliphatic carbocycles. The Morgan fingerprint density at radius 2 is 1.68 bits per heavy atom. The zero-order chi connectivity index (χ0) is 14.0. The SMILES string of the molecule is Cc1cc(C)nc(N(C(=N)N)c2ccc(Cl)cc2)n1. The van der Waals surface area contributed by atoms with E-state index < -0.39 is 0 Å². The second kappa shape index (κ2) is 5.24. The van der Waals surface area contributed by atoms with Gasteiger partial charge in [-0.25, -0.2) is 14.9 Å². The largest absolute Gasteiger partial charge is 0.369 e. The van der Waals surface area contributed by atoms with Crippen LogP contribution < -0.4 is 10.6 Å². The number of nitrogens with zero attached hydrogens (tertiary/aromatic N) is 3. The molecule has 0 atom stereocenters. The van der Waals surface area contributed by atoms with E-state index in [1.165, 1.54) is 4.90 Å². The summed E-state index contributed by atoms with van der Waals surface area (Å²) in [5.41, 5.74) is 7.98. The molecule has 0 fully saturated rings. The maximum Gasteiger partial charge on any atom is 0.237 e. The van der Waals surface area contributed by atoms with Gasteiger partial charge in [0, 0.05) is 16.4 Å². The lowest BCUT2D eigenvalue weighted by Crippen LogP contribution is -2.33. The Balaban J connectivity index is 2.51. The molecule has 0 aliphatic rings. The van der Waals surface area contributed by atoms with E-state index in [9.17, 15) is 0 Å². The van der Waals surface area contributed by atoms with Crippen molar-refractivity contribution in [3.8, 4) is 0 Å². The van der Waals surface area contributed by atoms with Gasteiger partial charge in [0.15, 0.2) is 5.96 Å². The normalized spacial score (nSPS) is 10.3. The van der Waals surface area contributed by atoms with Crippen LogP contribution in [0.1, 0.15) is 11.4 Å². The fourth-order valence-electron chi connectivity index (χ4n) is 1.76. The molecule has 0 aliphatic heterocycles. The Hall–Kier alpha value is -2.14. The Morgan fingerprint density at radius 3 is 2.16 bits per heavy atom. The van der Waals surface area contributed by atoms with Gasteiger partial charge >= 0.3 is 0 Å². The molecular weight excluding hydrogens is 262 g/mol. The van der Waals surface area contributed by atoms with Gasteiger partial charge in [-0.15, -0.1) is 0 Å². The van der Waals surface area contributed by atoms with Gasteiger partial charge in [-0.2, -0.15) is 0 Å². The van der Waals surface area contributed by atoms with Crippen molar-refractivity contribution < 1.29 is 0 Å². The maximum absolute atomic E-state index is 7.71. The summed E-state index contributed by atoms with van der Waals surface area (Å²) in [4.78, 5) is 10.1. The second-order valence-corrected chi connectivity index (χ2v) is 4.58. The number of guanidine groups is 1. The van der Waals surface area contributed by atoms with Crippen molar-refractivity contribution in [3.05, 3.63) is 46.7 Å². The van der Waals surface area contributed by atoms with Crippen LogP contribution in [0.5, 0.6) is 0 Å². The summed E-state index contributed by atoms with van der Waals surface area (Å²) < 4.78 is 0. The molecular formula is C13H14ClN5. The van der Waals surface area contributed by atoms with Gasteiger partial charge in [0.2, 0.25) is 5.95 Å². The van der Waals surface area contributed by atoms with Crippen molar-refractivity contribution in [2.45, 2.75) is 13.8 Å². The van der Waals surface area contributed by atoms with Crippen LogP contribution in [0, 0.1) is 19.3 Å². The van der Waals surface area contributed by atoms with Crippen molar-refractivity contribution in [1.29, 1.82) is 5.41 Å². The highest BCUT2D eigenvalue weighted by Gasteiger charge is 2.16. The first-order chi connectivity index (χ1) is 8.97. The number of hydrogen-bond acceptors (Lipinski definition) is 3. The first-order valence-electron chi connectivity index (χ1n) is 5.69. The molecule has 2 rings (SSSR count). The predicted molar refractivity (Wildman–Crippen MR) is 77.0 cm³/mol. The third-order valence-electron chi connectivity index (χ3n) is 2.50. The molecule has 0 unspecified atom stereocenters. The van der Waals surface area contributed by atoms with E-state index in [4.69, 9.17) is 22.7 Å². The molecule has 1 aromatic heterocycles. The number of anilines is 2. The summed E-state index contributed by atoms with van der Waals surface area (Å²) in [6, 6.07) is 8.87. The van der Waals surface area contributed by atoms with Gasteiger partial charge in [0.05, 0.1) is 5.69 Å². The van der Waals surface area contributed by atoms with Crippen molar-refractivity contribution in [2.75, 3.05) is 4.90 Å². The zero-order valence-corrected chi connectivity index (χ0v) is 11.4. The van der Waals surface area contributed by atoms with Gasteiger partial charge in [0.1, 0.15) is 0 Å². The Morgan fingerprint density at radius 1 is 1.16 bits per heavy atom. The molecule has 0 spiro atoms. The minimum absolute atomic E-state index is 0.146. The number of aromatic nitrogens is 2. The third kappa shape index (κ3) is 3.00. The van der Waals surface area contributed by atoms with Crippen LogP contribution in [0.25, 0.3) is 0 Å². The highest BCUT2D eigenvalue weighted by Crippen LogP contribution is 2.23. The van der Waals surface area contributed by atoms with Crippen LogP contribution in [-0.4, -0.2) is 15.9 Å². The molecule has 98 valence electrons. The van der Waals surface area contributed by atoms with Gasteiger partial charge in [-0.05, 0) is 44.2 Å². The average molecular weight is 276 g/mol. The van der Waals surface area contributed by atoms with Gasteiger partial charge in [-0.1, -0.05) is 11.6 Å². The molecule has 5 nitrogen and oxygen atoms in total. The lowest BCUT2D eigenvalue weighted by Gasteiger charge is -2.21. The minimum atomic E-state index is -0.146. The number of rotatable bonds is 2. The molecule has 2 aromatic rings. The molecule has 6 heteroatoms. The molecule has 19 heavy (non-hydrogen) atoms. The molecule has 3 N–H and O–H groups in total. The monoisotopic (exact) mass is 275 g/mol. The molecule has 0 saturated carbocycles. The van der Waals surface area contributed by atoms with E-state index in [0.717, 1.165) is 11.4 Å². The second-order valence-electron chi connectivity index (χ2n) is 4.15. The number of nitrogens with two attached hydrogens (primary N) is 1. The van der Waals surface area contributed by atoms with E-state index in [1.807, 2.05) is 19.9 Å². The number of benzene rings is 1. The van der Waals surface area contributed by atoms with Crippen LogP contribution in [0.2, 0.25) is 5.02 Å². The minimum Gasteiger partial charge on any atom is -0.369 e. The molecule has 0 radical (unpaired) electrons. The number of halogens is 1. The molecule has 0 bridgehead atoms. The van der Waals surface area contributed by atoms with E-state index in [1.54, 1.807) is 24.3 Å². The Bertz CT molecular complexity index is 589. The van der Waals surface area contributed by atoms with Crippen LogP contribution in [-0.2, 0) is 0 Å². The fourth-order valence-corrected chi connectivity index (χ4v) is 1.89. The van der Waals surface area contributed by atoms with Gasteiger partial charge in [-0.3, -0.25) is 5.41 Å². The fraction of sp³-hybridized carbons (Fsp3) is 0.154. The number of aryl methyl sites for hydroxylation is 2. The van der Waals surface area contributed by atoms with Crippen LogP contribution >= 0.6 is 11.6 Å². The van der Waals surface area contributed by atoms with Crippen LogP contribution in [0.3, 0.4) is 0 Å². The van der Waals surface area contributed by atoms with E-state index in [2.05, 4.69) is 9.97 Å². The first kappa shape index (κ1) is 13.3. The first-order valence-corrected chi connectivity index (χ1v) is 6.07. The molecule has 1 heterocycles. The smallest absolute Gasteiger partial charge is 0.237 e. The van der Waals surface area contributed by atoms with Gasteiger partial charge < -0.3 is 5.73 Å². The summed E-state index contributed by atoms with van der Waals surface area (Å²) in [6.45, 7) is 3.75. The van der Waals surface area contributed by atoms with Crippen LogP contribution in [0.4, 0.5) is 11.6 Å². The molecule has 1 aromatic carbocycles. The number of hydrogen-bond donors (Lipinski definition) is 2. The summed E-state index contributed by atoms with van der Waals surface area (Å²) >= 11 is 5.86. The zero-order valence-electron chi connectivity index (χ0n) is 10.7. The highest BCUT2D eigenvalue weighted by molar-refractivity contribution is 6.30. The Kier molecular flexibility index (Phi) is 3.66. The molecule has 0 saturated heterocycles. The lowest BCUT2D eigenvalue weighted by molar-refractivity contribution is 1.01. The average Bonchev–Trinajstić information content (AvgIpc) is 2.30.